The minimum atomic E-state index is 0.446. The zero-order valence-corrected chi connectivity index (χ0v) is 14.5. The smallest absolute Gasteiger partial charge is 0.163 e. The molecular formula is C18H25N5O. The van der Waals surface area contributed by atoms with Crippen molar-refractivity contribution in [3.05, 3.63) is 12.0 Å². The molecule has 0 amide bonds. The molecule has 128 valence electrons. The molecule has 6 nitrogen and oxygen atoms in total. The van der Waals surface area contributed by atoms with Gasteiger partial charge in [-0.3, -0.25) is 4.68 Å². The average Bonchev–Trinajstić information content (AvgIpc) is 2.81. The summed E-state index contributed by atoms with van der Waals surface area (Å²) in [6.45, 7) is 1.59. The number of nitrogens with zero attached hydrogens (tertiary/aromatic N) is 5. The van der Waals surface area contributed by atoms with Gasteiger partial charge in [0.1, 0.15) is 12.4 Å². The van der Waals surface area contributed by atoms with Crippen LogP contribution in [0.4, 0.5) is 5.82 Å². The van der Waals surface area contributed by atoms with Crippen molar-refractivity contribution in [3.8, 4) is 0 Å². The van der Waals surface area contributed by atoms with Gasteiger partial charge >= 0.3 is 0 Å². The molecule has 4 fully saturated rings. The van der Waals surface area contributed by atoms with Crippen LogP contribution >= 0.6 is 0 Å². The highest BCUT2D eigenvalue weighted by Crippen LogP contribution is 2.48. The number of ether oxygens (including phenoxy) is 1. The number of anilines is 1. The highest BCUT2D eigenvalue weighted by Gasteiger charge is 2.43. The number of aromatic nitrogens is 4. The lowest BCUT2D eigenvalue weighted by Gasteiger charge is -2.39. The Balaban J connectivity index is 1.62. The maximum atomic E-state index is 5.30. The zero-order chi connectivity index (χ0) is 16.3. The molecule has 2 saturated carbocycles. The summed E-state index contributed by atoms with van der Waals surface area (Å²) in [6, 6.07) is 0.634. The average molecular weight is 327 g/mol. The van der Waals surface area contributed by atoms with Crippen molar-refractivity contribution in [1.29, 1.82) is 0 Å². The first-order valence-corrected chi connectivity index (χ1v) is 9.15. The van der Waals surface area contributed by atoms with Gasteiger partial charge in [0.25, 0.3) is 0 Å². The van der Waals surface area contributed by atoms with Gasteiger partial charge in [-0.25, -0.2) is 9.97 Å². The summed E-state index contributed by atoms with van der Waals surface area (Å²) in [7, 11) is 3.65. The Morgan fingerprint density at radius 2 is 1.83 bits per heavy atom. The number of hydrogen-bond acceptors (Lipinski definition) is 5. The maximum absolute atomic E-state index is 5.30. The SMILES string of the molecule is COCc1nc(N2CC3C[C@@H]4CC2C[C@H](C3)C4)c2cnn(C)c2n1. The normalized spacial score (nSPS) is 31.8. The predicted octanol–water partition coefficient (Wildman–Crippen LogP) is 2.52. The van der Waals surface area contributed by atoms with Gasteiger partial charge < -0.3 is 9.64 Å². The number of hydrogen-bond donors (Lipinski definition) is 0. The van der Waals surface area contributed by atoms with Crippen LogP contribution in [0.25, 0.3) is 11.0 Å². The molecular weight excluding hydrogens is 302 g/mol. The molecule has 0 N–H and O–H groups in total. The predicted molar refractivity (Wildman–Crippen MR) is 91.7 cm³/mol. The second-order valence-electron chi connectivity index (χ2n) is 7.98. The summed E-state index contributed by atoms with van der Waals surface area (Å²) in [6.07, 6.45) is 8.88. The van der Waals surface area contributed by atoms with Crippen LogP contribution in [0.1, 0.15) is 37.9 Å². The van der Waals surface area contributed by atoms with Gasteiger partial charge in [0.05, 0.1) is 11.6 Å². The Kier molecular flexibility index (Phi) is 3.30. The highest BCUT2D eigenvalue weighted by atomic mass is 16.5. The number of fused-ring (bicyclic) bond motifs is 2. The van der Waals surface area contributed by atoms with Gasteiger partial charge in [0.15, 0.2) is 11.5 Å². The van der Waals surface area contributed by atoms with Crippen molar-refractivity contribution in [2.24, 2.45) is 24.8 Å². The minimum Gasteiger partial charge on any atom is -0.377 e. The monoisotopic (exact) mass is 327 g/mol. The Hall–Kier alpha value is -1.69. The van der Waals surface area contributed by atoms with Crippen LogP contribution in [0.5, 0.6) is 0 Å². The largest absolute Gasteiger partial charge is 0.377 e. The molecule has 4 heterocycles. The Morgan fingerprint density at radius 3 is 2.58 bits per heavy atom. The highest BCUT2D eigenvalue weighted by molar-refractivity contribution is 5.87. The van der Waals surface area contributed by atoms with E-state index in [2.05, 4.69) is 15.0 Å². The van der Waals surface area contributed by atoms with Crippen molar-refractivity contribution in [3.63, 3.8) is 0 Å². The van der Waals surface area contributed by atoms with E-state index in [1.54, 1.807) is 7.11 Å². The first-order chi connectivity index (χ1) is 11.7. The number of aryl methyl sites for hydroxylation is 1. The molecule has 6 rings (SSSR count). The van der Waals surface area contributed by atoms with E-state index in [0.29, 0.717) is 12.6 Å². The van der Waals surface area contributed by atoms with Crippen LogP contribution in [-0.4, -0.2) is 39.4 Å². The maximum Gasteiger partial charge on any atom is 0.163 e. The molecule has 2 aliphatic carbocycles. The first kappa shape index (κ1) is 14.6. The molecule has 24 heavy (non-hydrogen) atoms. The van der Waals surface area contributed by atoms with E-state index in [1.165, 1.54) is 32.1 Å². The molecule has 4 bridgehead atoms. The molecule has 2 aromatic rings. The summed E-state index contributed by atoms with van der Waals surface area (Å²) >= 11 is 0. The van der Waals surface area contributed by atoms with Crippen LogP contribution in [0.2, 0.25) is 0 Å². The van der Waals surface area contributed by atoms with Crippen LogP contribution in [-0.2, 0) is 18.4 Å². The van der Waals surface area contributed by atoms with Crippen LogP contribution < -0.4 is 4.90 Å². The lowest BCUT2D eigenvalue weighted by molar-refractivity contribution is 0.157. The molecule has 0 spiro atoms. The van der Waals surface area contributed by atoms with Crippen molar-refractivity contribution in [2.45, 2.75) is 44.8 Å². The van der Waals surface area contributed by atoms with Crippen molar-refractivity contribution in [1.82, 2.24) is 19.7 Å². The van der Waals surface area contributed by atoms with E-state index in [1.807, 2.05) is 17.9 Å². The van der Waals surface area contributed by atoms with Crippen LogP contribution in [0.15, 0.2) is 6.20 Å². The standard InChI is InChI=1S/C18H25N5O/c1-22-17-15(8-19-22)18(21-16(20-17)10-24-2)23-9-13-4-11-3-12(5-13)7-14(23)6-11/h8,11-14H,3-7,9-10H2,1-2H3/t11-,12+,13?,14?. The summed E-state index contributed by atoms with van der Waals surface area (Å²) < 4.78 is 7.15. The van der Waals surface area contributed by atoms with Gasteiger partial charge in [0.2, 0.25) is 0 Å². The topological polar surface area (TPSA) is 56.1 Å². The second kappa shape index (κ2) is 5.41. The quantitative estimate of drug-likeness (QED) is 0.867. The van der Waals surface area contributed by atoms with Gasteiger partial charge in [-0.05, 0) is 49.9 Å². The van der Waals surface area contributed by atoms with E-state index in [4.69, 9.17) is 9.72 Å². The third kappa shape index (κ3) is 2.23. The summed E-state index contributed by atoms with van der Waals surface area (Å²) in [5.41, 5.74) is 0.913. The Bertz CT molecular complexity index is 758. The molecule has 2 aliphatic heterocycles. The minimum absolute atomic E-state index is 0.446. The molecule has 2 unspecified atom stereocenters. The van der Waals surface area contributed by atoms with Gasteiger partial charge in [-0.15, -0.1) is 0 Å². The van der Waals surface area contributed by atoms with E-state index in [0.717, 1.165) is 47.0 Å². The molecule has 0 radical (unpaired) electrons. The van der Waals surface area contributed by atoms with E-state index in [9.17, 15) is 0 Å². The van der Waals surface area contributed by atoms with Gasteiger partial charge in [0, 0.05) is 26.7 Å². The van der Waals surface area contributed by atoms with E-state index in [-0.39, 0.29) is 0 Å². The van der Waals surface area contributed by atoms with E-state index >= 15 is 0 Å². The van der Waals surface area contributed by atoms with Gasteiger partial charge in [-0.2, -0.15) is 5.10 Å². The summed E-state index contributed by atoms with van der Waals surface area (Å²) in [4.78, 5) is 12.1. The lowest BCUT2D eigenvalue weighted by atomic mass is 9.68. The Labute approximate surface area is 142 Å². The molecule has 0 aromatic carbocycles. The number of methoxy groups -OCH3 is 1. The molecule has 2 saturated heterocycles. The molecule has 4 atom stereocenters. The number of rotatable bonds is 3. The second-order valence-corrected chi connectivity index (χ2v) is 7.98. The van der Waals surface area contributed by atoms with Crippen LogP contribution in [0, 0.1) is 17.8 Å². The fraction of sp³-hybridized carbons (Fsp3) is 0.722. The van der Waals surface area contributed by atoms with Crippen molar-refractivity contribution in [2.75, 3.05) is 18.6 Å². The van der Waals surface area contributed by atoms with Crippen molar-refractivity contribution >= 4 is 16.9 Å². The third-order valence-corrected chi connectivity index (χ3v) is 6.27. The van der Waals surface area contributed by atoms with Gasteiger partial charge in [-0.1, -0.05) is 0 Å². The summed E-state index contributed by atoms with van der Waals surface area (Å²) in [5.74, 6) is 4.53. The molecule has 6 heteroatoms. The fourth-order valence-electron chi connectivity index (χ4n) is 5.51. The van der Waals surface area contributed by atoms with E-state index < -0.39 is 0 Å². The first-order valence-electron chi connectivity index (χ1n) is 9.15. The zero-order valence-electron chi connectivity index (χ0n) is 14.5. The molecule has 2 aromatic heterocycles. The fourth-order valence-corrected chi connectivity index (χ4v) is 5.51. The van der Waals surface area contributed by atoms with Crippen molar-refractivity contribution < 1.29 is 4.74 Å². The third-order valence-electron chi connectivity index (χ3n) is 6.27. The Morgan fingerprint density at radius 1 is 1.08 bits per heavy atom. The van der Waals surface area contributed by atoms with Crippen LogP contribution in [0.3, 0.4) is 0 Å². The lowest BCUT2D eigenvalue weighted by Crippen LogP contribution is -2.39. The summed E-state index contributed by atoms with van der Waals surface area (Å²) in [5, 5.41) is 5.51. The molecule has 4 aliphatic rings.